The monoisotopic (exact) mass is 486 g/mol. The minimum Gasteiger partial charge on any atom is -0.381 e. The van der Waals surface area contributed by atoms with Crippen LogP contribution >= 0.6 is 24.0 Å². The maximum absolute atomic E-state index is 5.60. The molecule has 0 radical (unpaired) electrons. The Morgan fingerprint density at radius 2 is 1.89 bits per heavy atom. The first-order valence-electron chi connectivity index (χ1n) is 9.92. The SMILES string of the molecule is CCCCOCCCNC(=NCc1cccc(N2CC=CC2)c1)NCC.I. The van der Waals surface area contributed by atoms with E-state index < -0.39 is 0 Å². The molecule has 152 valence electrons. The van der Waals surface area contributed by atoms with Gasteiger partial charge in [-0.3, -0.25) is 0 Å². The van der Waals surface area contributed by atoms with E-state index in [0.717, 1.165) is 58.2 Å². The molecule has 0 fully saturated rings. The van der Waals surface area contributed by atoms with Gasteiger partial charge in [0, 0.05) is 45.1 Å². The lowest BCUT2D eigenvalue weighted by atomic mass is 10.2. The van der Waals surface area contributed by atoms with E-state index in [2.05, 4.69) is 65.8 Å². The van der Waals surface area contributed by atoms with Gasteiger partial charge in [-0.2, -0.15) is 0 Å². The second kappa shape index (κ2) is 14.7. The van der Waals surface area contributed by atoms with E-state index in [1.807, 2.05) is 0 Å². The van der Waals surface area contributed by atoms with E-state index in [1.165, 1.54) is 17.7 Å². The van der Waals surface area contributed by atoms with Crippen molar-refractivity contribution in [3.8, 4) is 0 Å². The van der Waals surface area contributed by atoms with E-state index in [9.17, 15) is 0 Å². The summed E-state index contributed by atoms with van der Waals surface area (Å²) in [7, 11) is 0. The molecule has 1 heterocycles. The Hall–Kier alpha value is -1.28. The number of rotatable bonds is 11. The van der Waals surface area contributed by atoms with Crippen LogP contribution in [0.5, 0.6) is 0 Å². The Kier molecular flexibility index (Phi) is 13.0. The molecule has 0 bridgehead atoms. The number of hydrogen-bond donors (Lipinski definition) is 2. The fraction of sp³-hybridized carbons (Fsp3) is 0.571. The Balaban J connectivity index is 0.00000364. The molecule has 0 unspecified atom stereocenters. The van der Waals surface area contributed by atoms with Gasteiger partial charge >= 0.3 is 0 Å². The Morgan fingerprint density at radius 3 is 2.63 bits per heavy atom. The summed E-state index contributed by atoms with van der Waals surface area (Å²) in [6.45, 7) is 10.3. The van der Waals surface area contributed by atoms with Crippen LogP contribution in [0, 0.1) is 0 Å². The van der Waals surface area contributed by atoms with Gasteiger partial charge in [-0.05, 0) is 37.5 Å². The molecular formula is C21H35IN4O. The third-order valence-corrected chi connectivity index (χ3v) is 4.26. The summed E-state index contributed by atoms with van der Waals surface area (Å²) in [5, 5.41) is 6.70. The molecule has 1 aromatic carbocycles. The second-order valence-electron chi connectivity index (χ2n) is 6.49. The van der Waals surface area contributed by atoms with Gasteiger partial charge in [-0.25, -0.2) is 4.99 Å². The first-order chi connectivity index (χ1) is 12.8. The predicted octanol–water partition coefficient (Wildman–Crippen LogP) is 3.94. The van der Waals surface area contributed by atoms with Crippen molar-refractivity contribution >= 4 is 35.6 Å². The molecule has 0 aromatic heterocycles. The maximum atomic E-state index is 5.60. The number of hydrogen-bond acceptors (Lipinski definition) is 3. The number of halogens is 1. The summed E-state index contributed by atoms with van der Waals surface area (Å²) in [4.78, 5) is 7.07. The average Bonchev–Trinajstić information content (AvgIpc) is 3.20. The van der Waals surface area contributed by atoms with Crippen LogP contribution in [0.4, 0.5) is 5.69 Å². The molecule has 1 aliphatic heterocycles. The zero-order chi connectivity index (χ0) is 18.5. The van der Waals surface area contributed by atoms with Crippen molar-refractivity contribution in [2.24, 2.45) is 4.99 Å². The molecule has 0 aliphatic carbocycles. The summed E-state index contributed by atoms with van der Waals surface area (Å²) in [5.41, 5.74) is 2.50. The summed E-state index contributed by atoms with van der Waals surface area (Å²) < 4.78 is 5.60. The maximum Gasteiger partial charge on any atom is 0.191 e. The number of nitrogens with one attached hydrogen (secondary N) is 2. The molecule has 1 aromatic rings. The number of nitrogens with zero attached hydrogens (tertiary/aromatic N) is 2. The minimum atomic E-state index is 0. The fourth-order valence-electron chi connectivity index (χ4n) is 2.78. The molecule has 1 aliphatic rings. The molecule has 6 heteroatoms. The van der Waals surface area contributed by atoms with Crippen molar-refractivity contribution in [2.75, 3.05) is 44.3 Å². The van der Waals surface area contributed by atoms with Crippen LogP contribution in [-0.2, 0) is 11.3 Å². The lowest BCUT2D eigenvalue weighted by molar-refractivity contribution is 0.129. The number of ether oxygens (including phenoxy) is 1. The van der Waals surface area contributed by atoms with Crippen LogP contribution in [0.3, 0.4) is 0 Å². The minimum absolute atomic E-state index is 0. The summed E-state index contributed by atoms with van der Waals surface area (Å²) >= 11 is 0. The van der Waals surface area contributed by atoms with Crippen LogP contribution in [0.15, 0.2) is 41.4 Å². The number of guanidine groups is 1. The second-order valence-corrected chi connectivity index (χ2v) is 6.49. The van der Waals surface area contributed by atoms with Crippen LogP contribution in [0.25, 0.3) is 0 Å². The van der Waals surface area contributed by atoms with Crippen molar-refractivity contribution in [3.63, 3.8) is 0 Å². The number of unbranched alkanes of at least 4 members (excludes halogenated alkanes) is 1. The molecule has 2 N–H and O–H groups in total. The van der Waals surface area contributed by atoms with Crippen LogP contribution < -0.4 is 15.5 Å². The molecule has 0 saturated heterocycles. The standard InChI is InChI=1S/C21H34N4O.HI/c1-3-5-15-26-16-9-12-23-21(22-4-2)24-18-19-10-8-11-20(17-19)25-13-6-7-14-25;/h6-8,10-11,17H,3-5,9,12-16,18H2,1-2H3,(H2,22,23,24);1H. The highest BCUT2D eigenvalue weighted by Crippen LogP contribution is 2.18. The number of benzene rings is 1. The van der Waals surface area contributed by atoms with Gasteiger partial charge in [0.05, 0.1) is 6.54 Å². The van der Waals surface area contributed by atoms with E-state index in [0.29, 0.717) is 6.54 Å². The molecule has 0 atom stereocenters. The first-order valence-corrected chi connectivity index (χ1v) is 9.92. The Morgan fingerprint density at radius 1 is 1.11 bits per heavy atom. The highest BCUT2D eigenvalue weighted by Gasteiger charge is 2.07. The lowest BCUT2D eigenvalue weighted by Crippen LogP contribution is -2.38. The summed E-state index contributed by atoms with van der Waals surface area (Å²) in [6, 6.07) is 8.66. The quantitative estimate of drug-likeness (QED) is 0.164. The molecular weight excluding hydrogens is 451 g/mol. The average molecular weight is 486 g/mol. The van der Waals surface area contributed by atoms with Crippen molar-refractivity contribution in [2.45, 2.75) is 39.7 Å². The van der Waals surface area contributed by atoms with E-state index >= 15 is 0 Å². The largest absolute Gasteiger partial charge is 0.381 e. The Labute approximate surface area is 181 Å². The topological polar surface area (TPSA) is 48.9 Å². The van der Waals surface area contributed by atoms with Gasteiger partial charge in [-0.1, -0.05) is 37.6 Å². The first kappa shape index (κ1) is 23.8. The zero-order valence-corrected chi connectivity index (χ0v) is 19.1. The van der Waals surface area contributed by atoms with E-state index in [4.69, 9.17) is 9.73 Å². The van der Waals surface area contributed by atoms with Crippen LogP contribution in [0.2, 0.25) is 0 Å². The predicted molar refractivity (Wildman–Crippen MR) is 126 cm³/mol. The van der Waals surface area contributed by atoms with Crippen LogP contribution in [-0.4, -0.2) is 45.4 Å². The normalized spacial score (nSPS) is 13.6. The van der Waals surface area contributed by atoms with E-state index in [1.54, 1.807) is 0 Å². The smallest absolute Gasteiger partial charge is 0.191 e. The summed E-state index contributed by atoms with van der Waals surface area (Å²) in [5.74, 6) is 0.870. The molecule has 0 spiro atoms. The van der Waals surface area contributed by atoms with Gasteiger partial charge in [0.25, 0.3) is 0 Å². The third-order valence-electron chi connectivity index (χ3n) is 4.26. The highest BCUT2D eigenvalue weighted by molar-refractivity contribution is 14.0. The fourth-order valence-corrected chi connectivity index (χ4v) is 2.78. The number of aliphatic imine (C=N–C) groups is 1. The summed E-state index contributed by atoms with van der Waals surface area (Å²) in [6.07, 6.45) is 7.74. The van der Waals surface area contributed by atoms with Gasteiger partial charge in [-0.15, -0.1) is 24.0 Å². The van der Waals surface area contributed by atoms with Gasteiger partial charge in [0.1, 0.15) is 0 Å². The number of anilines is 1. The highest BCUT2D eigenvalue weighted by atomic mass is 127. The van der Waals surface area contributed by atoms with Crippen molar-refractivity contribution in [1.82, 2.24) is 10.6 Å². The molecule has 5 nitrogen and oxygen atoms in total. The van der Waals surface area contributed by atoms with E-state index in [-0.39, 0.29) is 24.0 Å². The zero-order valence-electron chi connectivity index (χ0n) is 16.7. The molecule has 0 saturated carbocycles. The van der Waals surface area contributed by atoms with Crippen molar-refractivity contribution in [3.05, 3.63) is 42.0 Å². The third kappa shape index (κ3) is 9.46. The molecule has 27 heavy (non-hydrogen) atoms. The van der Waals surface area contributed by atoms with Crippen molar-refractivity contribution < 1.29 is 4.74 Å². The van der Waals surface area contributed by atoms with Crippen LogP contribution in [0.1, 0.15) is 38.7 Å². The van der Waals surface area contributed by atoms with Gasteiger partial charge in [0.15, 0.2) is 5.96 Å². The van der Waals surface area contributed by atoms with Gasteiger partial charge in [0.2, 0.25) is 0 Å². The lowest BCUT2D eigenvalue weighted by Gasteiger charge is -2.18. The Bertz CT molecular complexity index is 569. The molecule has 0 amide bonds. The van der Waals surface area contributed by atoms with Crippen molar-refractivity contribution in [1.29, 1.82) is 0 Å². The molecule has 2 rings (SSSR count). The van der Waals surface area contributed by atoms with Gasteiger partial charge < -0.3 is 20.3 Å².